The van der Waals surface area contributed by atoms with E-state index in [2.05, 4.69) is 10.3 Å². The second kappa shape index (κ2) is 10.6. The normalized spacial score (nSPS) is 12.4. The van der Waals surface area contributed by atoms with Crippen molar-refractivity contribution in [1.82, 2.24) is 9.55 Å². The molecule has 0 bridgehead atoms. The number of hydrogen-bond donors (Lipinski definition) is 4. The number of carbonyl (C=O) groups excluding carboxylic acids is 1. The molecule has 0 aliphatic heterocycles. The van der Waals surface area contributed by atoms with Crippen LogP contribution in [0, 0.1) is 14.8 Å². The van der Waals surface area contributed by atoms with E-state index in [0.29, 0.717) is 14.9 Å². The van der Waals surface area contributed by atoms with Crippen LogP contribution in [-0.2, 0) is 4.79 Å². The van der Waals surface area contributed by atoms with E-state index in [1.165, 1.54) is 12.1 Å². The van der Waals surface area contributed by atoms with Crippen LogP contribution in [0.2, 0.25) is 0 Å². The molecule has 182 valence electrons. The fourth-order valence-electron chi connectivity index (χ4n) is 3.50. The zero-order valence-corrected chi connectivity index (χ0v) is 21.2. The van der Waals surface area contributed by atoms with E-state index in [4.69, 9.17) is 9.84 Å². The van der Waals surface area contributed by atoms with Crippen LogP contribution in [0.5, 0.6) is 11.6 Å². The first-order valence-corrected chi connectivity index (χ1v) is 11.7. The SMILES string of the molecule is CC(C)(C)C[C@@H](C(=O)Nc1ccc(I)cc1F)n1c(O)c(-c2ccc(OCCO)cc2)[nH]c1=O. The van der Waals surface area contributed by atoms with Crippen molar-refractivity contribution in [3.63, 3.8) is 0 Å². The molecule has 0 fully saturated rings. The minimum atomic E-state index is -1.09. The number of H-pyrrole nitrogens is 1. The maximum atomic E-state index is 14.3. The molecule has 3 aromatic rings. The van der Waals surface area contributed by atoms with Crippen LogP contribution < -0.4 is 15.7 Å². The van der Waals surface area contributed by atoms with Crippen molar-refractivity contribution in [2.45, 2.75) is 33.2 Å². The Hall–Kier alpha value is -2.86. The molecule has 34 heavy (non-hydrogen) atoms. The molecule has 1 atom stereocenters. The molecule has 0 saturated carbocycles. The van der Waals surface area contributed by atoms with Crippen LogP contribution in [0.15, 0.2) is 47.3 Å². The lowest BCUT2D eigenvalue weighted by Crippen LogP contribution is -2.34. The summed E-state index contributed by atoms with van der Waals surface area (Å²) in [6.45, 7) is 5.73. The summed E-state index contributed by atoms with van der Waals surface area (Å²) in [6, 6.07) is 9.87. The third-order valence-electron chi connectivity index (χ3n) is 5.01. The number of ether oxygens (including phenoxy) is 1. The maximum absolute atomic E-state index is 14.3. The topological polar surface area (TPSA) is 117 Å². The van der Waals surface area contributed by atoms with E-state index in [9.17, 15) is 19.1 Å². The number of aromatic amines is 1. The monoisotopic (exact) mass is 583 g/mol. The van der Waals surface area contributed by atoms with Gasteiger partial charge in [0.15, 0.2) is 0 Å². The summed E-state index contributed by atoms with van der Waals surface area (Å²) in [4.78, 5) is 28.7. The number of nitrogens with zero attached hydrogens (tertiary/aromatic N) is 1. The van der Waals surface area contributed by atoms with Crippen molar-refractivity contribution in [3.05, 3.63) is 62.3 Å². The van der Waals surface area contributed by atoms with Gasteiger partial charge in [0, 0.05) is 9.13 Å². The van der Waals surface area contributed by atoms with Gasteiger partial charge in [-0.05, 0) is 76.9 Å². The van der Waals surface area contributed by atoms with Crippen molar-refractivity contribution >= 4 is 34.2 Å². The van der Waals surface area contributed by atoms with E-state index < -0.39 is 29.3 Å². The number of aliphatic hydroxyl groups excluding tert-OH is 1. The average Bonchev–Trinajstić information content (AvgIpc) is 3.06. The molecule has 3 rings (SSSR count). The highest BCUT2D eigenvalue weighted by Gasteiger charge is 2.32. The van der Waals surface area contributed by atoms with Gasteiger partial charge in [0.05, 0.1) is 12.3 Å². The molecule has 0 radical (unpaired) electrons. The third-order valence-corrected chi connectivity index (χ3v) is 5.69. The summed E-state index contributed by atoms with van der Waals surface area (Å²) < 4.78 is 21.3. The third kappa shape index (κ3) is 6.17. The predicted octanol–water partition coefficient (Wildman–Crippen LogP) is 4.28. The Bertz CT molecular complexity index is 1210. The molecule has 1 heterocycles. The highest BCUT2D eigenvalue weighted by atomic mass is 127. The first-order valence-electron chi connectivity index (χ1n) is 10.6. The van der Waals surface area contributed by atoms with Gasteiger partial charge in [0.1, 0.15) is 29.9 Å². The Labute approximate surface area is 209 Å². The Morgan fingerprint density at radius 1 is 1.24 bits per heavy atom. The van der Waals surface area contributed by atoms with E-state index >= 15 is 0 Å². The quantitative estimate of drug-likeness (QED) is 0.296. The molecule has 0 spiro atoms. The summed E-state index contributed by atoms with van der Waals surface area (Å²) >= 11 is 1.97. The number of halogens is 2. The summed E-state index contributed by atoms with van der Waals surface area (Å²) in [6.07, 6.45) is 0.212. The Morgan fingerprint density at radius 3 is 2.50 bits per heavy atom. The highest BCUT2D eigenvalue weighted by Crippen LogP contribution is 2.34. The van der Waals surface area contributed by atoms with Gasteiger partial charge in [0.2, 0.25) is 11.8 Å². The Morgan fingerprint density at radius 2 is 1.91 bits per heavy atom. The number of amides is 1. The minimum Gasteiger partial charge on any atom is -0.493 e. The molecule has 0 aliphatic carbocycles. The number of aromatic nitrogens is 2. The fourth-order valence-corrected chi connectivity index (χ4v) is 3.95. The van der Waals surface area contributed by atoms with Crippen LogP contribution in [0.3, 0.4) is 0 Å². The van der Waals surface area contributed by atoms with Crippen molar-refractivity contribution in [3.8, 4) is 22.9 Å². The Kier molecular flexibility index (Phi) is 8.03. The van der Waals surface area contributed by atoms with E-state index in [-0.39, 0.29) is 36.4 Å². The molecule has 1 amide bonds. The smallest absolute Gasteiger partial charge is 0.329 e. The molecular formula is C24H27FIN3O5. The van der Waals surface area contributed by atoms with Gasteiger partial charge in [-0.25, -0.2) is 9.18 Å². The molecule has 0 aliphatic rings. The van der Waals surface area contributed by atoms with Crippen LogP contribution >= 0.6 is 22.6 Å². The number of benzene rings is 2. The number of anilines is 1. The average molecular weight is 583 g/mol. The van der Waals surface area contributed by atoms with Crippen molar-refractivity contribution in [1.29, 1.82) is 0 Å². The largest absolute Gasteiger partial charge is 0.493 e. The number of imidazole rings is 1. The predicted molar refractivity (Wildman–Crippen MR) is 136 cm³/mol. The van der Waals surface area contributed by atoms with Crippen molar-refractivity contribution in [2.75, 3.05) is 18.5 Å². The second-order valence-electron chi connectivity index (χ2n) is 8.99. The Balaban J connectivity index is 1.97. The lowest BCUT2D eigenvalue weighted by atomic mass is 9.87. The molecule has 10 heteroatoms. The lowest BCUT2D eigenvalue weighted by Gasteiger charge is -2.26. The lowest BCUT2D eigenvalue weighted by molar-refractivity contribution is -0.120. The second-order valence-corrected chi connectivity index (χ2v) is 10.2. The number of carbonyl (C=O) groups is 1. The summed E-state index contributed by atoms with van der Waals surface area (Å²) in [5, 5.41) is 22.4. The van der Waals surface area contributed by atoms with Crippen molar-refractivity contribution in [2.24, 2.45) is 5.41 Å². The molecule has 1 aromatic heterocycles. The van der Waals surface area contributed by atoms with Gasteiger partial charge in [0.25, 0.3) is 0 Å². The fraction of sp³-hybridized carbons (Fsp3) is 0.333. The van der Waals surface area contributed by atoms with Crippen LogP contribution in [0.1, 0.15) is 33.2 Å². The number of aromatic hydroxyl groups is 1. The number of hydrogen-bond acceptors (Lipinski definition) is 5. The standard InChI is InChI=1S/C24H27FIN3O5/c1-24(2,3)13-19(21(31)27-18-9-6-15(26)12-17(18)25)29-22(32)20(28-23(29)33)14-4-7-16(8-5-14)34-11-10-30/h4-9,12,19,30,32H,10-11,13H2,1-3H3,(H,27,31)(H,28,33)/t19-/m0/s1. The van der Waals surface area contributed by atoms with Gasteiger partial charge >= 0.3 is 5.69 Å². The van der Waals surface area contributed by atoms with Crippen LogP contribution in [-0.4, -0.2) is 38.9 Å². The van der Waals surface area contributed by atoms with Gasteiger partial charge in [-0.2, -0.15) is 0 Å². The van der Waals surface area contributed by atoms with Crippen LogP contribution in [0.4, 0.5) is 10.1 Å². The van der Waals surface area contributed by atoms with Crippen molar-refractivity contribution < 1.29 is 24.1 Å². The molecule has 2 aromatic carbocycles. The molecule has 0 saturated heterocycles. The van der Waals surface area contributed by atoms with E-state index in [0.717, 1.165) is 4.57 Å². The maximum Gasteiger partial charge on any atom is 0.329 e. The van der Waals surface area contributed by atoms with E-state index in [1.54, 1.807) is 30.3 Å². The number of nitrogens with one attached hydrogen (secondary N) is 2. The highest BCUT2D eigenvalue weighted by molar-refractivity contribution is 14.1. The zero-order chi connectivity index (χ0) is 25.0. The zero-order valence-electron chi connectivity index (χ0n) is 19.1. The van der Waals surface area contributed by atoms with Crippen LogP contribution in [0.25, 0.3) is 11.3 Å². The van der Waals surface area contributed by atoms with Gasteiger partial charge in [-0.1, -0.05) is 20.8 Å². The minimum absolute atomic E-state index is 0.00825. The summed E-state index contributed by atoms with van der Waals surface area (Å²) in [5.74, 6) is -1.10. The summed E-state index contributed by atoms with van der Waals surface area (Å²) in [7, 11) is 0. The molecule has 4 N–H and O–H groups in total. The molecule has 0 unspecified atom stereocenters. The number of aliphatic hydroxyl groups is 1. The first-order chi connectivity index (χ1) is 16.0. The first kappa shape index (κ1) is 25.8. The van der Waals surface area contributed by atoms with Gasteiger partial charge < -0.3 is 25.3 Å². The van der Waals surface area contributed by atoms with E-state index in [1.807, 2.05) is 43.4 Å². The number of rotatable bonds is 8. The molecular weight excluding hydrogens is 556 g/mol. The van der Waals surface area contributed by atoms with Gasteiger partial charge in [-0.15, -0.1) is 0 Å². The van der Waals surface area contributed by atoms with Gasteiger partial charge in [-0.3, -0.25) is 9.36 Å². The summed E-state index contributed by atoms with van der Waals surface area (Å²) in [5.41, 5.74) is -0.414. The molecule has 8 nitrogen and oxygen atoms in total.